The Bertz CT molecular complexity index is 833. The third-order valence-corrected chi connectivity index (χ3v) is 4.20. The minimum Gasteiger partial charge on any atom is -0.487 e. The second-order valence-corrected chi connectivity index (χ2v) is 6.17. The van der Waals surface area contributed by atoms with Crippen LogP contribution in [0, 0.1) is 0 Å². The van der Waals surface area contributed by atoms with Crippen molar-refractivity contribution in [1.82, 2.24) is 20.1 Å². The van der Waals surface area contributed by atoms with Gasteiger partial charge in [-0.3, -0.25) is 14.9 Å². The number of benzene rings is 1. The summed E-state index contributed by atoms with van der Waals surface area (Å²) in [5.41, 5.74) is 2.09. The molecule has 6 heteroatoms. The van der Waals surface area contributed by atoms with E-state index in [-0.39, 0.29) is 11.9 Å². The number of para-hydroxylation sites is 1. The van der Waals surface area contributed by atoms with Gasteiger partial charge < -0.3 is 9.64 Å². The first-order valence-corrected chi connectivity index (χ1v) is 8.52. The molecule has 0 radical (unpaired) electrons. The van der Waals surface area contributed by atoms with Crippen molar-refractivity contribution in [3.8, 4) is 5.75 Å². The molecule has 0 aliphatic rings. The van der Waals surface area contributed by atoms with Crippen LogP contribution >= 0.6 is 0 Å². The van der Waals surface area contributed by atoms with Crippen LogP contribution in [0.4, 0.5) is 0 Å². The van der Waals surface area contributed by atoms with E-state index in [2.05, 4.69) is 15.2 Å². The van der Waals surface area contributed by atoms with E-state index in [1.807, 2.05) is 55.5 Å². The fourth-order valence-electron chi connectivity index (χ4n) is 2.56. The number of aromatic nitrogens is 3. The van der Waals surface area contributed by atoms with Crippen LogP contribution in [0.25, 0.3) is 0 Å². The topological polar surface area (TPSA) is 71.1 Å². The normalized spacial score (nSPS) is 11.8. The lowest BCUT2D eigenvalue weighted by Crippen LogP contribution is -2.36. The Labute approximate surface area is 152 Å². The fourth-order valence-corrected chi connectivity index (χ4v) is 2.56. The summed E-state index contributed by atoms with van der Waals surface area (Å²) < 4.78 is 5.67. The van der Waals surface area contributed by atoms with Crippen LogP contribution in [0.1, 0.15) is 28.8 Å². The Morgan fingerprint density at radius 1 is 1.19 bits per heavy atom. The van der Waals surface area contributed by atoms with Crippen molar-refractivity contribution in [1.29, 1.82) is 0 Å². The van der Waals surface area contributed by atoms with Crippen molar-refractivity contribution in [3.63, 3.8) is 0 Å². The summed E-state index contributed by atoms with van der Waals surface area (Å²) in [5.74, 6) is 0.645. The SMILES string of the molecule is C[C@@H](Cc1ccccn1)N(C)C(=O)c1cc(COc2ccccc2)[nH]n1. The average molecular weight is 350 g/mol. The molecule has 3 rings (SSSR count). The number of aromatic amines is 1. The Kier molecular flexibility index (Phi) is 5.63. The molecule has 1 amide bonds. The molecule has 6 nitrogen and oxygen atoms in total. The molecule has 1 N–H and O–H groups in total. The number of likely N-dealkylation sites (N-methyl/N-ethyl adjacent to an activating group) is 1. The van der Waals surface area contributed by atoms with Crippen molar-refractivity contribution in [2.75, 3.05) is 7.05 Å². The summed E-state index contributed by atoms with van der Waals surface area (Å²) in [6, 6.07) is 17.1. The molecule has 2 heterocycles. The summed E-state index contributed by atoms with van der Waals surface area (Å²) in [5, 5.41) is 6.99. The van der Waals surface area contributed by atoms with E-state index >= 15 is 0 Å². The van der Waals surface area contributed by atoms with E-state index in [4.69, 9.17) is 4.74 Å². The maximum absolute atomic E-state index is 12.6. The lowest BCUT2D eigenvalue weighted by Gasteiger charge is -2.23. The van der Waals surface area contributed by atoms with Gasteiger partial charge in [-0.2, -0.15) is 5.10 Å². The Morgan fingerprint density at radius 3 is 2.69 bits per heavy atom. The zero-order valence-electron chi connectivity index (χ0n) is 14.9. The first-order valence-electron chi connectivity index (χ1n) is 8.52. The Morgan fingerprint density at radius 2 is 1.96 bits per heavy atom. The monoisotopic (exact) mass is 350 g/mol. The number of carbonyl (C=O) groups excluding carboxylic acids is 1. The second-order valence-electron chi connectivity index (χ2n) is 6.17. The Balaban J connectivity index is 1.58. The average Bonchev–Trinajstić information content (AvgIpc) is 3.16. The third-order valence-electron chi connectivity index (χ3n) is 4.20. The van der Waals surface area contributed by atoms with E-state index in [0.717, 1.165) is 17.1 Å². The van der Waals surface area contributed by atoms with Crippen LogP contribution in [0.3, 0.4) is 0 Å². The molecule has 134 valence electrons. The predicted octanol–water partition coefficient (Wildman–Crippen LogP) is 3.09. The molecule has 0 saturated carbocycles. The molecule has 2 aromatic heterocycles. The molecule has 0 aliphatic carbocycles. The first-order chi connectivity index (χ1) is 12.6. The maximum Gasteiger partial charge on any atom is 0.274 e. The summed E-state index contributed by atoms with van der Waals surface area (Å²) >= 11 is 0. The summed E-state index contributed by atoms with van der Waals surface area (Å²) in [6.07, 6.45) is 2.45. The number of carbonyl (C=O) groups is 1. The minimum atomic E-state index is -0.129. The molecular weight excluding hydrogens is 328 g/mol. The summed E-state index contributed by atoms with van der Waals surface area (Å²) in [4.78, 5) is 18.6. The lowest BCUT2D eigenvalue weighted by molar-refractivity contribution is 0.0737. The second kappa shape index (κ2) is 8.29. The van der Waals surface area contributed by atoms with Crippen molar-refractivity contribution in [2.24, 2.45) is 0 Å². The van der Waals surface area contributed by atoms with E-state index < -0.39 is 0 Å². The van der Waals surface area contributed by atoms with E-state index in [9.17, 15) is 4.79 Å². The number of nitrogens with zero attached hydrogens (tertiary/aromatic N) is 3. The number of ether oxygens (including phenoxy) is 1. The molecule has 0 bridgehead atoms. The molecule has 0 unspecified atom stereocenters. The van der Waals surface area contributed by atoms with E-state index in [0.29, 0.717) is 18.7 Å². The van der Waals surface area contributed by atoms with Gasteiger partial charge in [0.2, 0.25) is 0 Å². The molecule has 0 fully saturated rings. The van der Waals surface area contributed by atoms with Gasteiger partial charge in [-0.15, -0.1) is 0 Å². The van der Waals surface area contributed by atoms with Crippen LogP contribution < -0.4 is 4.74 Å². The van der Waals surface area contributed by atoms with Gasteiger partial charge in [0.05, 0.1) is 5.69 Å². The minimum absolute atomic E-state index is 0.0121. The quantitative estimate of drug-likeness (QED) is 0.711. The van der Waals surface area contributed by atoms with Gasteiger partial charge in [0.25, 0.3) is 5.91 Å². The number of H-pyrrole nitrogens is 1. The number of hydrogen-bond acceptors (Lipinski definition) is 4. The molecule has 0 saturated heterocycles. The van der Waals surface area contributed by atoms with Crippen LogP contribution in [0.2, 0.25) is 0 Å². The van der Waals surface area contributed by atoms with Crippen molar-refractivity contribution in [3.05, 3.63) is 77.9 Å². The molecule has 1 aromatic carbocycles. The van der Waals surface area contributed by atoms with Crippen LogP contribution in [-0.2, 0) is 13.0 Å². The van der Waals surface area contributed by atoms with Gasteiger partial charge in [-0.25, -0.2) is 0 Å². The number of pyridine rings is 1. The zero-order chi connectivity index (χ0) is 18.4. The summed E-state index contributed by atoms with van der Waals surface area (Å²) in [6.45, 7) is 2.33. The van der Waals surface area contributed by atoms with Gasteiger partial charge in [0, 0.05) is 31.4 Å². The first kappa shape index (κ1) is 17.7. The lowest BCUT2D eigenvalue weighted by atomic mass is 10.1. The predicted molar refractivity (Wildman–Crippen MR) is 98.9 cm³/mol. The third kappa shape index (κ3) is 4.47. The maximum atomic E-state index is 12.6. The standard InChI is InChI=1S/C20H22N4O2/c1-15(12-16-8-6-7-11-21-16)24(2)20(25)19-13-17(22-23-19)14-26-18-9-4-3-5-10-18/h3-11,13,15H,12,14H2,1-2H3,(H,22,23)/t15-/m0/s1. The number of hydrogen-bond donors (Lipinski definition) is 1. The highest BCUT2D eigenvalue weighted by molar-refractivity contribution is 5.92. The fraction of sp³-hybridized carbons (Fsp3) is 0.250. The van der Waals surface area contributed by atoms with E-state index in [1.165, 1.54) is 0 Å². The van der Waals surface area contributed by atoms with Gasteiger partial charge in [0.15, 0.2) is 5.69 Å². The van der Waals surface area contributed by atoms with Crippen LogP contribution in [0.5, 0.6) is 5.75 Å². The smallest absolute Gasteiger partial charge is 0.274 e. The highest BCUT2D eigenvalue weighted by Crippen LogP contribution is 2.13. The molecule has 1 atom stereocenters. The molecular formula is C20H22N4O2. The largest absolute Gasteiger partial charge is 0.487 e. The van der Waals surface area contributed by atoms with Gasteiger partial charge in [-0.1, -0.05) is 24.3 Å². The van der Waals surface area contributed by atoms with Crippen LogP contribution in [0.15, 0.2) is 60.8 Å². The van der Waals surface area contributed by atoms with Crippen LogP contribution in [-0.4, -0.2) is 39.1 Å². The Hall–Kier alpha value is -3.15. The highest BCUT2D eigenvalue weighted by atomic mass is 16.5. The zero-order valence-corrected chi connectivity index (χ0v) is 14.9. The number of nitrogens with one attached hydrogen (secondary N) is 1. The van der Waals surface area contributed by atoms with Gasteiger partial charge >= 0.3 is 0 Å². The van der Waals surface area contributed by atoms with Gasteiger partial charge in [0.1, 0.15) is 12.4 Å². The molecule has 0 aliphatic heterocycles. The van der Waals surface area contributed by atoms with E-state index in [1.54, 1.807) is 24.2 Å². The van der Waals surface area contributed by atoms with Gasteiger partial charge in [-0.05, 0) is 37.3 Å². The van der Waals surface area contributed by atoms with Crippen molar-refractivity contribution < 1.29 is 9.53 Å². The number of rotatable bonds is 7. The molecule has 3 aromatic rings. The van der Waals surface area contributed by atoms with Crippen molar-refractivity contribution in [2.45, 2.75) is 26.0 Å². The number of amides is 1. The molecule has 0 spiro atoms. The molecule has 26 heavy (non-hydrogen) atoms. The highest BCUT2D eigenvalue weighted by Gasteiger charge is 2.20. The summed E-state index contributed by atoms with van der Waals surface area (Å²) in [7, 11) is 1.78. The van der Waals surface area contributed by atoms with Crippen molar-refractivity contribution >= 4 is 5.91 Å².